The van der Waals surface area contributed by atoms with Gasteiger partial charge in [-0.25, -0.2) is 0 Å². The normalized spacial score (nSPS) is 13.0. The van der Waals surface area contributed by atoms with Crippen LogP contribution in [0.5, 0.6) is 0 Å². The Kier molecular flexibility index (Phi) is 3.66. The van der Waals surface area contributed by atoms with Crippen LogP contribution in [0.2, 0.25) is 0 Å². The quantitative estimate of drug-likeness (QED) is 0.513. The maximum atomic E-state index is 6.58. The maximum Gasteiger partial charge on any atom is 0.0719 e. The monoisotopic (exact) mass is 306 g/mol. The molecule has 98 valence electrons. The van der Waals surface area contributed by atoms with Gasteiger partial charge in [-0.1, -0.05) is 18.2 Å². The van der Waals surface area contributed by atoms with Gasteiger partial charge < -0.3 is 0 Å². The number of rotatable bonds is 3. The van der Waals surface area contributed by atoms with Crippen molar-refractivity contribution >= 4 is 43.7 Å². The SMILES string of the molecule is Cc1ccc(CC(Cl)c2cc3sccc3s2)cc1C. The third-order valence-corrected chi connectivity index (χ3v) is 6.18. The molecule has 3 rings (SSSR count). The number of benzene rings is 1. The number of halogens is 1. The van der Waals surface area contributed by atoms with E-state index >= 15 is 0 Å². The van der Waals surface area contributed by atoms with Gasteiger partial charge in [-0.2, -0.15) is 0 Å². The van der Waals surface area contributed by atoms with Crippen molar-refractivity contribution in [3.8, 4) is 0 Å². The van der Waals surface area contributed by atoms with E-state index in [0.29, 0.717) is 0 Å². The summed E-state index contributed by atoms with van der Waals surface area (Å²) < 4.78 is 2.71. The van der Waals surface area contributed by atoms with Crippen LogP contribution in [-0.4, -0.2) is 0 Å². The molecule has 0 saturated carbocycles. The van der Waals surface area contributed by atoms with E-state index in [1.54, 1.807) is 11.3 Å². The first kappa shape index (κ1) is 13.2. The predicted octanol–water partition coefficient (Wildman–Crippen LogP) is 6.10. The fourth-order valence-electron chi connectivity index (χ4n) is 2.18. The average molecular weight is 307 g/mol. The van der Waals surface area contributed by atoms with Crippen molar-refractivity contribution in [1.29, 1.82) is 0 Å². The molecule has 19 heavy (non-hydrogen) atoms. The zero-order valence-corrected chi connectivity index (χ0v) is 13.3. The minimum atomic E-state index is 0.0757. The highest BCUT2D eigenvalue weighted by molar-refractivity contribution is 7.27. The molecular weight excluding hydrogens is 292 g/mol. The van der Waals surface area contributed by atoms with Gasteiger partial charge in [-0.05, 0) is 54.5 Å². The van der Waals surface area contributed by atoms with Gasteiger partial charge in [0.2, 0.25) is 0 Å². The topological polar surface area (TPSA) is 0 Å². The van der Waals surface area contributed by atoms with Crippen molar-refractivity contribution in [3.05, 3.63) is 57.3 Å². The van der Waals surface area contributed by atoms with E-state index < -0.39 is 0 Å². The lowest BCUT2D eigenvalue weighted by atomic mass is 10.0. The molecule has 0 saturated heterocycles. The summed E-state index contributed by atoms with van der Waals surface area (Å²) in [4.78, 5) is 1.28. The molecule has 2 aromatic heterocycles. The van der Waals surface area contributed by atoms with E-state index in [0.717, 1.165) is 6.42 Å². The number of alkyl halides is 1. The highest BCUT2D eigenvalue weighted by Crippen LogP contribution is 2.37. The third kappa shape index (κ3) is 2.71. The summed E-state index contributed by atoms with van der Waals surface area (Å²) in [6.45, 7) is 4.30. The van der Waals surface area contributed by atoms with Gasteiger partial charge in [0.15, 0.2) is 0 Å². The second-order valence-electron chi connectivity index (χ2n) is 4.89. The Morgan fingerprint density at radius 1 is 1.05 bits per heavy atom. The van der Waals surface area contributed by atoms with Crippen molar-refractivity contribution in [3.63, 3.8) is 0 Å². The molecule has 0 radical (unpaired) electrons. The summed E-state index contributed by atoms with van der Waals surface area (Å²) in [5, 5.41) is 2.21. The van der Waals surface area contributed by atoms with E-state index in [1.807, 2.05) is 11.3 Å². The number of hydrogen-bond donors (Lipinski definition) is 0. The fourth-order valence-corrected chi connectivity index (χ4v) is 4.65. The molecule has 1 aromatic carbocycles. The number of hydrogen-bond acceptors (Lipinski definition) is 2. The lowest BCUT2D eigenvalue weighted by molar-refractivity contribution is 0.937. The fraction of sp³-hybridized carbons (Fsp3) is 0.250. The van der Waals surface area contributed by atoms with E-state index in [2.05, 4.69) is 49.6 Å². The summed E-state index contributed by atoms with van der Waals surface area (Å²) in [5.74, 6) is 0. The second kappa shape index (κ2) is 5.28. The minimum Gasteiger partial charge on any atom is -0.143 e. The van der Waals surface area contributed by atoms with Crippen molar-refractivity contribution < 1.29 is 0 Å². The zero-order chi connectivity index (χ0) is 13.4. The molecule has 3 aromatic rings. The largest absolute Gasteiger partial charge is 0.143 e. The van der Waals surface area contributed by atoms with E-state index in [4.69, 9.17) is 11.6 Å². The molecule has 0 amide bonds. The third-order valence-electron chi connectivity index (χ3n) is 3.45. The van der Waals surface area contributed by atoms with Gasteiger partial charge in [0, 0.05) is 14.3 Å². The van der Waals surface area contributed by atoms with Crippen LogP contribution >= 0.6 is 34.3 Å². The summed E-state index contributed by atoms with van der Waals surface area (Å²) in [6, 6.07) is 11.0. The highest BCUT2D eigenvalue weighted by atomic mass is 35.5. The standard InChI is InChI=1S/C16H15ClS2/c1-10-3-4-12(7-11(10)2)8-13(17)15-9-16-14(19-15)5-6-18-16/h3-7,9,13H,8H2,1-2H3. The van der Waals surface area contributed by atoms with Gasteiger partial charge in [-0.3, -0.25) is 0 Å². The van der Waals surface area contributed by atoms with E-state index in [-0.39, 0.29) is 5.38 Å². The Balaban J connectivity index is 1.82. The van der Waals surface area contributed by atoms with E-state index in [1.165, 1.54) is 31.0 Å². The Morgan fingerprint density at radius 2 is 1.89 bits per heavy atom. The number of thiophene rings is 2. The highest BCUT2D eigenvalue weighted by Gasteiger charge is 2.13. The molecule has 1 atom stereocenters. The van der Waals surface area contributed by atoms with Crippen LogP contribution in [-0.2, 0) is 6.42 Å². The lowest BCUT2D eigenvalue weighted by Crippen LogP contribution is -1.94. The van der Waals surface area contributed by atoms with Gasteiger partial charge in [0.1, 0.15) is 0 Å². The molecular formula is C16H15ClS2. The van der Waals surface area contributed by atoms with Gasteiger partial charge in [-0.15, -0.1) is 34.3 Å². The van der Waals surface area contributed by atoms with Gasteiger partial charge >= 0.3 is 0 Å². The molecule has 0 aliphatic rings. The van der Waals surface area contributed by atoms with Crippen molar-refractivity contribution in [1.82, 2.24) is 0 Å². The molecule has 0 nitrogen and oxygen atoms in total. The lowest BCUT2D eigenvalue weighted by Gasteiger charge is -2.09. The number of aryl methyl sites for hydroxylation is 2. The Bertz CT molecular complexity index is 680. The smallest absolute Gasteiger partial charge is 0.0719 e. The molecule has 2 heterocycles. The van der Waals surface area contributed by atoms with Crippen molar-refractivity contribution in [2.24, 2.45) is 0 Å². The van der Waals surface area contributed by atoms with Crippen LogP contribution in [0.25, 0.3) is 9.40 Å². The molecule has 0 bridgehead atoms. The van der Waals surface area contributed by atoms with Gasteiger partial charge in [0.25, 0.3) is 0 Å². The van der Waals surface area contributed by atoms with Crippen LogP contribution in [0, 0.1) is 13.8 Å². The summed E-state index contributed by atoms with van der Waals surface area (Å²) in [7, 11) is 0. The zero-order valence-electron chi connectivity index (χ0n) is 10.9. The van der Waals surface area contributed by atoms with Crippen molar-refractivity contribution in [2.75, 3.05) is 0 Å². The molecule has 0 aliphatic carbocycles. The average Bonchev–Trinajstić information content (AvgIpc) is 2.94. The molecule has 0 N–H and O–H groups in total. The summed E-state index contributed by atoms with van der Waals surface area (Å²) >= 11 is 10.2. The molecule has 3 heteroatoms. The van der Waals surface area contributed by atoms with Crippen LogP contribution in [0.1, 0.15) is 26.9 Å². The first-order chi connectivity index (χ1) is 9.13. The van der Waals surface area contributed by atoms with Crippen LogP contribution in [0.15, 0.2) is 35.7 Å². The first-order valence-corrected chi connectivity index (χ1v) is 8.44. The molecule has 0 fully saturated rings. The van der Waals surface area contributed by atoms with E-state index in [9.17, 15) is 0 Å². The Labute approximate surface area is 126 Å². The van der Waals surface area contributed by atoms with Crippen molar-refractivity contribution in [2.45, 2.75) is 25.6 Å². The summed E-state index contributed by atoms with van der Waals surface area (Å²) in [6.07, 6.45) is 0.899. The predicted molar refractivity (Wildman–Crippen MR) is 87.9 cm³/mol. The molecule has 0 spiro atoms. The summed E-state index contributed by atoms with van der Waals surface area (Å²) in [5.41, 5.74) is 4.00. The van der Waals surface area contributed by atoms with Gasteiger partial charge in [0.05, 0.1) is 5.38 Å². The number of fused-ring (bicyclic) bond motifs is 1. The first-order valence-electron chi connectivity index (χ1n) is 6.30. The molecule has 0 aliphatic heterocycles. The minimum absolute atomic E-state index is 0.0757. The van der Waals surface area contributed by atoms with Crippen LogP contribution < -0.4 is 0 Å². The maximum absolute atomic E-state index is 6.58. The Morgan fingerprint density at radius 3 is 2.63 bits per heavy atom. The second-order valence-corrected chi connectivity index (χ2v) is 7.48. The van der Waals surface area contributed by atoms with Crippen LogP contribution in [0.4, 0.5) is 0 Å². The molecule has 1 unspecified atom stereocenters. The Hall–Kier alpha value is -0.830. The van der Waals surface area contributed by atoms with Crippen LogP contribution in [0.3, 0.4) is 0 Å².